The number of nitrogens with zero attached hydrogens (tertiary/aromatic N) is 3. The van der Waals surface area contributed by atoms with Gasteiger partial charge in [0.15, 0.2) is 0 Å². The number of amides is 1. The molecule has 1 unspecified atom stereocenters. The maximum absolute atomic E-state index is 14.1. The van der Waals surface area contributed by atoms with E-state index in [-0.39, 0.29) is 42.2 Å². The molecule has 190 valence electrons. The molecule has 0 saturated carbocycles. The van der Waals surface area contributed by atoms with Gasteiger partial charge in [-0.2, -0.15) is 13.2 Å². The first-order valence-electron chi connectivity index (χ1n) is 11.5. The summed E-state index contributed by atoms with van der Waals surface area (Å²) in [6.45, 7) is 0.720. The van der Waals surface area contributed by atoms with E-state index in [9.17, 15) is 18.0 Å². The fraction of sp³-hybridized carbons (Fsp3) is 0.346. The molecule has 1 N–H and O–H groups in total. The molecule has 2 aromatic carbocycles. The van der Waals surface area contributed by atoms with E-state index in [1.54, 1.807) is 30.3 Å². The average molecular weight is 537 g/mol. The van der Waals surface area contributed by atoms with Gasteiger partial charge in [-0.1, -0.05) is 72.3 Å². The predicted molar refractivity (Wildman–Crippen MR) is 133 cm³/mol. The third-order valence-corrected chi connectivity index (χ3v) is 7.08. The van der Waals surface area contributed by atoms with Crippen molar-refractivity contribution in [1.82, 2.24) is 20.2 Å². The van der Waals surface area contributed by atoms with Crippen molar-refractivity contribution < 1.29 is 18.0 Å². The molecule has 10 heteroatoms. The summed E-state index contributed by atoms with van der Waals surface area (Å²) in [4.78, 5) is 22.0. The largest absolute Gasteiger partial charge is 0.404 e. The third kappa shape index (κ3) is 6.35. The number of nitrogens with one attached hydrogen (secondary N) is 1. The lowest BCUT2D eigenvalue weighted by Crippen LogP contribution is -2.55. The van der Waals surface area contributed by atoms with Crippen LogP contribution in [0.1, 0.15) is 34.5 Å². The Morgan fingerprint density at radius 2 is 1.61 bits per heavy atom. The Bertz CT molecular complexity index is 1150. The molecule has 0 spiro atoms. The zero-order chi connectivity index (χ0) is 25.8. The lowest BCUT2D eigenvalue weighted by molar-refractivity contribution is -0.187. The standard InChI is InChI=1S/C26H25Cl2F3N4O/c27-22-16-20(33-24(28)34-22)23(36)32-17-25(19-9-5-2-6-10-19)11-13-35(14-12-25)21(26(29,30)31)15-18-7-3-1-4-8-18/h1-10,16,21H,11-15,17H2,(H,32,36). The second kappa shape index (κ2) is 11.2. The molecule has 1 aliphatic heterocycles. The fourth-order valence-corrected chi connectivity index (χ4v) is 5.17. The molecule has 1 amide bonds. The summed E-state index contributed by atoms with van der Waals surface area (Å²) in [7, 11) is 0. The first-order chi connectivity index (χ1) is 17.2. The number of halogens is 5. The van der Waals surface area contributed by atoms with E-state index in [1.807, 2.05) is 30.3 Å². The number of aromatic nitrogens is 2. The minimum absolute atomic E-state index is 0.0284. The van der Waals surface area contributed by atoms with E-state index < -0.39 is 23.5 Å². The van der Waals surface area contributed by atoms with Crippen molar-refractivity contribution in [3.63, 3.8) is 0 Å². The normalized spacial score (nSPS) is 16.9. The maximum atomic E-state index is 14.1. The number of likely N-dealkylation sites (tertiary alicyclic amines) is 1. The van der Waals surface area contributed by atoms with Crippen LogP contribution < -0.4 is 5.32 Å². The Morgan fingerprint density at radius 3 is 2.19 bits per heavy atom. The number of hydrogen-bond donors (Lipinski definition) is 1. The molecule has 1 aliphatic rings. The maximum Gasteiger partial charge on any atom is 0.404 e. The Kier molecular flexibility index (Phi) is 8.17. The van der Waals surface area contributed by atoms with Crippen LogP contribution in [0.3, 0.4) is 0 Å². The van der Waals surface area contributed by atoms with Crippen molar-refractivity contribution in [1.29, 1.82) is 0 Å². The molecule has 0 radical (unpaired) electrons. The molecule has 0 aliphatic carbocycles. The number of piperidine rings is 1. The molecule has 36 heavy (non-hydrogen) atoms. The number of carbonyl (C=O) groups is 1. The molecule has 1 fully saturated rings. The van der Waals surface area contributed by atoms with Gasteiger partial charge in [-0.3, -0.25) is 9.69 Å². The minimum Gasteiger partial charge on any atom is -0.350 e. The smallest absolute Gasteiger partial charge is 0.350 e. The molecule has 4 rings (SSSR count). The van der Waals surface area contributed by atoms with Crippen molar-refractivity contribution in [3.05, 3.63) is 94.0 Å². The summed E-state index contributed by atoms with van der Waals surface area (Å²) < 4.78 is 42.2. The highest BCUT2D eigenvalue weighted by Crippen LogP contribution is 2.38. The molecule has 5 nitrogen and oxygen atoms in total. The van der Waals surface area contributed by atoms with Crippen molar-refractivity contribution in [3.8, 4) is 0 Å². The fourth-order valence-electron chi connectivity index (χ4n) is 4.76. The van der Waals surface area contributed by atoms with E-state index in [1.165, 1.54) is 11.0 Å². The van der Waals surface area contributed by atoms with Gasteiger partial charge in [-0.15, -0.1) is 0 Å². The summed E-state index contributed by atoms with van der Waals surface area (Å²) in [5.41, 5.74) is 1.11. The first kappa shape index (κ1) is 26.4. The van der Waals surface area contributed by atoms with Gasteiger partial charge < -0.3 is 5.32 Å². The number of alkyl halides is 3. The van der Waals surface area contributed by atoms with E-state index in [2.05, 4.69) is 15.3 Å². The van der Waals surface area contributed by atoms with Gasteiger partial charge in [-0.25, -0.2) is 9.97 Å². The molecule has 1 atom stereocenters. The predicted octanol–water partition coefficient (Wildman–Crippen LogP) is 5.72. The SMILES string of the molecule is O=C(NCC1(c2ccccc2)CCN(C(Cc2ccccc2)C(F)(F)F)CC1)c1cc(Cl)nc(Cl)n1. The van der Waals surface area contributed by atoms with Crippen LogP contribution in [0, 0.1) is 0 Å². The topological polar surface area (TPSA) is 58.1 Å². The van der Waals surface area contributed by atoms with Gasteiger partial charge >= 0.3 is 6.18 Å². The van der Waals surface area contributed by atoms with E-state index in [0.29, 0.717) is 18.4 Å². The van der Waals surface area contributed by atoms with Crippen molar-refractivity contribution in [2.45, 2.75) is 36.9 Å². The van der Waals surface area contributed by atoms with Crippen LogP contribution in [0.5, 0.6) is 0 Å². The van der Waals surface area contributed by atoms with Crippen LogP contribution in [0.2, 0.25) is 10.4 Å². The van der Waals surface area contributed by atoms with Gasteiger partial charge in [-0.05, 0) is 55.1 Å². The zero-order valence-electron chi connectivity index (χ0n) is 19.3. The second-order valence-corrected chi connectivity index (χ2v) is 9.68. The molecule has 2 heterocycles. The molecule has 0 bridgehead atoms. The van der Waals surface area contributed by atoms with E-state index in [0.717, 1.165) is 5.56 Å². The van der Waals surface area contributed by atoms with Gasteiger partial charge in [0.2, 0.25) is 5.28 Å². The lowest BCUT2D eigenvalue weighted by Gasteiger charge is -2.45. The van der Waals surface area contributed by atoms with Crippen molar-refractivity contribution in [2.75, 3.05) is 19.6 Å². The average Bonchev–Trinajstić information content (AvgIpc) is 2.86. The highest BCUT2D eigenvalue weighted by atomic mass is 35.5. The number of benzene rings is 2. The summed E-state index contributed by atoms with van der Waals surface area (Å²) in [6.07, 6.45) is -3.56. The first-order valence-corrected chi connectivity index (χ1v) is 12.3. The Balaban J connectivity index is 1.52. The second-order valence-electron chi connectivity index (χ2n) is 8.96. The number of carbonyl (C=O) groups excluding carboxylic acids is 1. The van der Waals surface area contributed by atoms with Gasteiger partial charge in [0.05, 0.1) is 0 Å². The van der Waals surface area contributed by atoms with Crippen molar-refractivity contribution >= 4 is 29.1 Å². The molecular weight excluding hydrogens is 512 g/mol. The highest BCUT2D eigenvalue weighted by Gasteiger charge is 2.47. The van der Waals surface area contributed by atoms with Crippen LogP contribution in [-0.2, 0) is 11.8 Å². The molecule has 1 aromatic heterocycles. The minimum atomic E-state index is -4.36. The number of rotatable bonds is 7. The Hall–Kier alpha value is -2.68. The number of hydrogen-bond acceptors (Lipinski definition) is 4. The molecular formula is C26H25Cl2F3N4O. The van der Waals surface area contributed by atoms with Gasteiger partial charge in [0.25, 0.3) is 5.91 Å². The Labute approximate surface area is 217 Å². The summed E-state index contributed by atoms with van der Waals surface area (Å²) in [6, 6.07) is 18.0. The van der Waals surface area contributed by atoms with Gasteiger partial charge in [0, 0.05) is 18.0 Å². The van der Waals surface area contributed by atoms with Crippen LogP contribution in [-0.4, -0.2) is 52.6 Å². The lowest BCUT2D eigenvalue weighted by atomic mass is 9.72. The van der Waals surface area contributed by atoms with Crippen LogP contribution in [0.25, 0.3) is 0 Å². The highest BCUT2D eigenvalue weighted by molar-refractivity contribution is 6.32. The van der Waals surface area contributed by atoms with Crippen LogP contribution in [0.15, 0.2) is 66.7 Å². The monoisotopic (exact) mass is 536 g/mol. The summed E-state index contributed by atoms with van der Waals surface area (Å²) >= 11 is 11.7. The molecule has 1 saturated heterocycles. The third-order valence-electron chi connectivity index (χ3n) is 6.72. The Morgan fingerprint density at radius 1 is 1.00 bits per heavy atom. The van der Waals surface area contributed by atoms with Crippen molar-refractivity contribution in [2.24, 2.45) is 0 Å². The summed E-state index contributed by atoms with van der Waals surface area (Å²) in [5.74, 6) is -0.476. The van der Waals surface area contributed by atoms with E-state index in [4.69, 9.17) is 23.2 Å². The van der Waals surface area contributed by atoms with Gasteiger partial charge in [0.1, 0.15) is 16.9 Å². The van der Waals surface area contributed by atoms with Crippen LogP contribution >= 0.6 is 23.2 Å². The van der Waals surface area contributed by atoms with Crippen LogP contribution in [0.4, 0.5) is 13.2 Å². The zero-order valence-corrected chi connectivity index (χ0v) is 20.8. The van der Waals surface area contributed by atoms with E-state index >= 15 is 0 Å². The summed E-state index contributed by atoms with van der Waals surface area (Å²) in [5, 5.41) is 2.79. The quantitative estimate of drug-likeness (QED) is 0.310. The molecule has 3 aromatic rings.